The normalized spacial score (nSPS) is 10.6. The molecule has 0 bridgehead atoms. The fourth-order valence-corrected chi connectivity index (χ4v) is 2.49. The molecule has 1 N–H and O–H groups in total. The van der Waals surface area contributed by atoms with Gasteiger partial charge in [-0.2, -0.15) is 0 Å². The highest BCUT2D eigenvalue weighted by Crippen LogP contribution is 2.20. The van der Waals surface area contributed by atoms with Gasteiger partial charge in [0.2, 0.25) is 0 Å². The third-order valence-electron chi connectivity index (χ3n) is 2.62. The van der Waals surface area contributed by atoms with E-state index < -0.39 is 0 Å². The van der Waals surface area contributed by atoms with Crippen molar-refractivity contribution in [2.75, 3.05) is 5.75 Å². The van der Waals surface area contributed by atoms with Crippen molar-refractivity contribution in [3.05, 3.63) is 60.2 Å². The molecule has 0 amide bonds. The summed E-state index contributed by atoms with van der Waals surface area (Å²) in [4.78, 5) is 4.27. The molecule has 5 heteroatoms. The predicted octanol–water partition coefficient (Wildman–Crippen LogP) is 2.84. The molecule has 0 radical (unpaired) electrons. The monoisotopic (exact) mass is 278 g/mol. The minimum atomic E-state index is -0.261. The van der Waals surface area contributed by atoms with E-state index in [-0.39, 0.29) is 12.4 Å². The molecule has 0 fully saturated rings. The van der Waals surface area contributed by atoms with Crippen molar-refractivity contribution in [3.63, 3.8) is 0 Å². The predicted molar refractivity (Wildman–Crippen MR) is 74.6 cm³/mol. The molecule has 0 aliphatic carbocycles. The van der Waals surface area contributed by atoms with Gasteiger partial charge in [0.05, 0.1) is 25.0 Å². The van der Waals surface area contributed by atoms with E-state index in [1.807, 2.05) is 10.6 Å². The molecule has 19 heavy (non-hydrogen) atoms. The molecule has 3 nitrogen and oxygen atoms in total. The molecule has 0 unspecified atom stereocenters. The first-order valence-electron chi connectivity index (χ1n) is 5.88. The smallest absolute Gasteiger partial charge is 0.168 e. The Kier molecular flexibility index (Phi) is 4.76. The van der Waals surface area contributed by atoms with Gasteiger partial charge in [0.15, 0.2) is 5.16 Å². The number of rotatable bonds is 6. The number of imidazole rings is 1. The number of aliphatic hydroxyl groups is 1. The van der Waals surface area contributed by atoms with Crippen molar-refractivity contribution in [1.82, 2.24) is 9.55 Å². The molecule has 0 saturated heterocycles. The van der Waals surface area contributed by atoms with Crippen LogP contribution in [-0.2, 0) is 13.2 Å². The van der Waals surface area contributed by atoms with Crippen LogP contribution in [0.4, 0.5) is 4.39 Å². The van der Waals surface area contributed by atoms with Crippen molar-refractivity contribution in [3.8, 4) is 0 Å². The Morgan fingerprint density at radius 1 is 1.47 bits per heavy atom. The first-order chi connectivity index (χ1) is 9.24. The van der Waals surface area contributed by atoms with Gasteiger partial charge in [-0.05, 0) is 17.7 Å². The minimum Gasteiger partial charge on any atom is -0.390 e. The molecule has 1 heterocycles. The van der Waals surface area contributed by atoms with E-state index in [4.69, 9.17) is 0 Å². The average molecular weight is 278 g/mol. The van der Waals surface area contributed by atoms with Crippen LogP contribution in [0.2, 0.25) is 0 Å². The zero-order valence-corrected chi connectivity index (χ0v) is 11.2. The second-order valence-corrected chi connectivity index (χ2v) is 4.99. The number of hydrogen-bond donors (Lipinski definition) is 1. The summed E-state index contributed by atoms with van der Waals surface area (Å²) in [5.41, 5.74) is 1.56. The Morgan fingerprint density at radius 3 is 3.00 bits per heavy atom. The molecule has 2 rings (SSSR count). The van der Waals surface area contributed by atoms with Gasteiger partial charge in [-0.1, -0.05) is 30.0 Å². The van der Waals surface area contributed by atoms with Gasteiger partial charge >= 0.3 is 0 Å². The molecule has 100 valence electrons. The number of thioether (sulfide) groups is 1. The van der Waals surface area contributed by atoms with Crippen molar-refractivity contribution in [2.24, 2.45) is 0 Å². The summed E-state index contributed by atoms with van der Waals surface area (Å²) >= 11 is 1.54. The van der Waals surface area contributed by atoms with Gasteiger partial charge in [-0.3, -0.25) is 0 Å². The molecule has 0 saturated carbocycles. The number of benzene rings is 1. The van der Waals surface area contributed by atoms with E-state index >= 15 is 0 Å². The fraction of sp³-hybridized carbons (Fsp3) is 0.214. The quantitative estimate of drug-likeness (QED) is 0.652. The zero-order chi connectivity index (χ0) is 13.7. The van der Waals surface area contributed by atoms with Crippen LogP contribution in [0.25, 0.3) is 0 Å². The summed E-state index contributed by atoms with van der Waals surface area (Å²) in [6.07, 6.45) is 3.44. The summed E-state index contributed by atoms with van der Waals surface area (Å²) in [6.45, 7) is 4.08. The van der Waals surface area contributed by atoms with Crippen LogP contribution < -0.4 is 0 Å². The highest BCUT2D eigenvalue weighted by Gasteiger charge is 2.10. The van der Waals surface area contributed by atoms with Gasteiger partial charge in [0.25, 0.3) is 0 Å². The second kappa shape index (κ2) is 6.54. The van der Waals surface area contributed by atoms with Crippen molar-refractivity contribution in [2.45, 2.75) is 18.3 Å². The van der Waals surface area contributed by atoms with E-state index in [2.05, 4.69) is 11.6 Å². The van der Waals surface area contributed by atoms with Crippen molar-refractivity contribution in [1.29, 1.82) is 0 Å². The van der Waals surface area contributed by atoms with E-state index in [1.54, 1.807) is 18.3 Å². The Balaban J connectivity index is 2.26. The lowest BCUT2D eigenvalue weighted by Gasteiger charge is -2.10. The lowest BCUT2D eigenvalue weighted by atomic mass is 10.2. The number of aliphatic hydroxyl groups excluding tert-OH is 1. The Hall–Kier alpha value is -1.59. The number of aromatic nitrogens is 2. The highest BCUT2D eigenvalue weighted by molar-refractivity contribution is 7.99. The van der Waals surface area contributed by atoms with E-state index in [1.165, 1.54) is 23.9 Å². The van der Waals surface area contributed by atoms with Crippen LogP contribution in [0.5, 0.6) is 0 Å². The molecule has 0 atom stereocenters. The number of nitrogens with zero attached hydrogens (tertiary/aromatic N) is 2. The third kappa shape index (κ3) is 3.45. The zero-order valence-electron chi connectivity index (χ0n) is 10.4. The third-order valence-corrected chi connectivity index (χ3v) is 3.61. The minimum absolute atomic E-state index is 0.0863. The van der Waals surface area contributed by atoms with Gasteiger partial charge < -0.3 is 9.67 Å². The molecule has 0 aliphatic heterocycles. The van der Waals surface area contributed by atoms with Crippen LogP contribution >= 0.6 is 11.8 Å². The van der Waals surface area contributed by atoms with Crippen molar-refractivity contribution >= 4 is 11.8 Å². The van der Waals surface area contributed by atoms with Gasteiger partial charge in [-0.15, -0.1) is 6.58 Å². The summed E-state index contributed by atoms with van der Waals surface area (Å²) in [7, 11) is 0. The Labute approximate surface area is 115 Å². The van der Waals surface area contributed by atoms with Crippen LogP contribution in [0.15, 0.2) is 48.3 Å². The maximum atomic E-state index is 13.2. The molecular formula is C14H15FN2OS. The summed E-state index contributed by atoms with van der Waals surface area (Å²) in [5.74, 6) is 0.480. The number of halogens is 1. The molecule has 0 aliphatic rings. The maximum Gasteiger partial charge on any atom is 0.168 e. The second-order valence-electron chi connectivity index (χ2n) is 4.01. The largest absolute Gasteiger partial charge is 0.390 e. The van der Waals surface area contributed by atoms with E-state index in [9.17, 15) is 9.50 Å². The molecular weight excluding hydrogens is 263 g/mol. The summed E-state index contributed by atoms with van der Waals surface area (Å²) in [5, 5.41) is 10.1. The van der Waals surface area contributed by atoms with Gasteiger partial charge in [0, 0.05) is 5.75 Å². The lowest BCUT2D eigenvalue weighted by molar-refractivity contribution is 0.270. The topological polar surface area (TPSA) is 38.1 Å². The summed E-state index contributed by atoms with van der Waals surface area (Å²) < 4.78 is 15.1. The van der Waals surface area contributed by atoms with Crippen LogP contribution in [0.3, 0.4) is 0 Å². The fourth-order valence-electron chi connectivity index (χ4n) is 1.75. The highest BCUT2D eigenvalue weighted by atomic mass is 32.2. The van der Waals surface area contributed by atoms with Gasteiger partial charge in [0.1, 0.15) is 5.82 Å². The molecule has 0 spiro atoms. The molecule has 1 aromatic heterocycles. The average Bonchev–Trinajstić information content (AvgIpc) is 2.78. The van der Waals surface area contributed by atoms with Crippen LogP contribution in [0.1, 0.15) is 11.3 Å². The van der Waals surface area contributed by atoms with Gasteiger partial charge in [-0.25, -0.2) is 9.37 Å². The van der Waals surface area contributed by atoms with Crippen LogP contribution in [-0.4, -0.2) is 20.4 Å². The maximum absolute atomic E-state index is 13.2. The van der Waals surface area contributed by atoms with Crippen molar-refractivity contribution < 1.29 is 9.50 Å². The van der Waals surface area contributed by atoms with E-state index in [0.29, 0.717) is 6.54 Å². The number of hydrogen-bond acceptors (Lipinski definition) is 3. The lowest BCUT2D eigenvalue weighted by Crippen LogP contribution is -2.06. The molecule has 2 aromatic rings. The summed E-state index contributed by atoms with van der Waals surface area (Å²) in [6, 6.07) is 6.43. The van der Waals surface area contributed by atoms with Crippen LogP contribution in [0, 0.1) is 5.82 Å². The standard InChI is InChI=1S/C14H15FN2OS/c1-2-6-19-14-16-8-13(10-18)17(14)9-11-4-3-5-12(15)7-11/h2-5,7-8,18H,1,6,9-10H2. The molecule has 1 aromatic carbocycles. The SMILES string of the molecule is C=CCSc1ncc(CO)n1Cc1cccc(F)c1. The first kappa shape index (κ1) is 13.8. The first-order valence-corrected chi connectivity index (χ1v) is 6.86. The van der Waals surface area contributed by atoms with E-state index in [0.717, 1.165) is 22.2 Å². The Bertz CT molecular complexity index is 568. The Morgan fingerprint density at radius 2 is 2.32 bits per heavy atom.